The Bertz CT molecular complexity index is 1030. The first-order chi connectivity index (χ1) is 13.8. The van der Waals surface area contributed by atoms with Gasteiger partial charge in [0.2, 0.25) is 0 Å². The number of nitrogens with zero attached hydrogens (tertiary/aromatic N) is 1. The normalized spacial score (nSPS) is 17.2. The lowest BCUT2D eigenvalue weighted by Gasteiger charge is -2.30. The topological polar surface area (TPSA) is 89.1 Å². The number of para-hydroxylation sites is 1. The highest BCUT2D eigenvalue weighted by Gasteiger charge is 2.45. The predicted molar refractivity (Wildman–Crippen MR) is 109 cm³/mol. The maximum atomic E-state index is 13.4. The number of alkyl halides is 2. The number of methoxy groups -OCH3 is 1. The molecule has 2 aromatic rings. The SMILES string of the molecule is COc1ccc(S(=O)(=O)Nc2cccc3c2OC(F)(F)O3)cc1N1CCNCC1.Cl. The molecule has 12 heteroatoms. The highest BCUT2D eigenvalue weighted by Crippen LogP contribution is 2.46. The number of hydrogen-bond acceptors (Lipinski definition) is 7. The predicted octanol–water partition coefficient (Wildman–Crippen LogP) is 2.65. The molecule has 8 nitrogen and oxygen atoms in total. The summed E-state index contributed by atoms with van der Waals surface area (Å²) < 4.78 is 69.1. The third-order valence-electron chi connectivity index (χ3n) is 4.59. The standard InChI is InChI=1S/C18H19F2N3O5S.ClH/c1-26-15-6-5-12(11-14(15)23-9-7-21-8-10-23)29(24,25)22-13-3-2-4-16-17(13)28-18(19,20)27-16;/h2-6,11,21-22H,7-10H2,1H3;1H. The first-order valence-electron chi connectivity index (χ1n) is 8.84. The van der Waals surface area contributed by atoms with Crippen LogP contribution in [0.4, 0.5) is 20.2 Å². The van der Waals surface area contributed by atoms with Crippen LogP contribution in [0.25, 0.3) is 0 Å². The van der Waals surface area contributed by atoms with Crippen molar-refractivity contribution in [1.82, 2.24) is 5.32 Å². The molecule has 2 aliphatic rings. The van der Waals surface area contributed by atoms with E-state index < -0.39 is 16.3 Å². The first-order valence-corrected chi connectivity index (χ1v) is 10.3. The van der Waals surface area contributed by atoms with Crippen molar-refractivity contribution in [3.8, 4) is 17.2 Å². The average Bonchev–Trinajstić information content (AvgIpc) is 3.03. The summed E-state index contributed by atoms with van der Waals surface area (Å²) in [6.45, 7) is 2.92. The molecule has 2 aliphatic heterocycles. The molecule has 0 radical (unpaired) electrons. The van der Waals surface area contributed by atoms with Gasteiger partial charge in [-0.15, -0.1) is 21.2 Å². The van der Waals surface area contributed by atoms with Gasteiger partial charge < -0.3 is 24.4 Å². The Labute approximate surface area is 178 Å². The van der Waals surface area contributed by atoms with Gasteiger partial charge in [0.15, 0.2) is 11.5 Å². The number of rotatable bonds is 5. The van der Waals surface area contributed by atoms with E-state index in [-0.39, 0.29) is 34.5 Å². The fourth-order valence-electron chi connectivity index (χ4n) is 3.24. The van der Waals surface area contributed by atoms with Crippen LogP contribution in [-0.4, -0.2) is 48.0 Å². The molecule has 1 fully saturated rings. The Hall–Kier alpha value is -2.50. The van der Waals surface area contributed by atoms with Gasteiger partial charge in [0.25, 0.3) is 10.0 Å². The summed E-state index contributed by atoms with van der Waals surface area (Å²) >= 11 is 0. The van der Waals surface area contributed by atoms with E-state index in [1.54, 1.807) is 6.07 Å². The number of nitrogens with one attached hydrogen (secondary N) is 2. The molecule has 0 saturated carbocycles. The van der Waals surface area contributed by atoms with Crippen LogP contribution in [0.5, 0.6) is 17.2 Å². The van der Waals surface area contributed by atoms with Crippen molar-refractivity contribution in [2.45, 2.75) is 11.2 Å². The van der Waals surface area contributed by atoms with Gasteiger partial charge in [-0.1, -0.05) is 6.07 Å². The summed E-state index contributed by atoms with van der Waals surface area (Å²) in [4.78, 5) is 1.99. The largest absolute Gasteiger partial charge is 0.586 e. The van der Waals surface area contributed by atoms with Crippen molar-refractivity contribution in [1.29, 1.82) is 0 Å². The van der Waals surface area contributed by atoms with Crippen molar-refractivity contribution in [3.63, 3.8) is 0 Å². The number of sulfonamides is 1. The van der Waals surface area contributed by atoms with Crippen LogP contribution in [0.3, 0.4) is 0 Å². The smallest absolute Gasteiger partial charge is 0.495 e. The molecule has 2 aromatic carbocycles. The molecule has 0 aromatic heterocycles. The van der Waals surface area contributed by atoms with E-state index >= 15 is 0 Å². The van der Waals surface area contributed by atoms with Crippen molar-refractivity contribution < 1.29 is 31.4 Å². The molecule has 2 heterocycles. The average molecular weight is 464 g/mol. The quantitative estimate of drug-likeness (QED) is 0.704. The van der Waals surface area contributed by atoms with Crippen molar-refractivity contribution in [2.24, 2.45) is 0 Å². The lowest BCUT2D eigenvalue weighted by molar-refractivity contribution is -0.286. The number of benzene rings is 2. The Morgan fingerprint density at radius 3 is 2.60 bits per heavy atom. The molecular formula is C18H20ClF2N3O5S. The van der Waals surface area contributed by atoms with Gasteiger partial charge in [-0.3, -0.25) is 4.72 Å². The highest BCUT2D eigenvalue weighted by atomic mass is 35.5. The fraction of sp³-hybridized carbons (Fsp3) is 0.333. The third-order valence-corrected chi connectivity index (χ3v) is 5.95. The molecule has 164 valence electrons. The highest BCUT2D eigenvalue weighted by molar-refractivity contribution is 7.92. The molecule has 0 aliphatic carbocycles. The van der Waals surface area contributed by atoms with E-state index in [1.807, 2.05) is 4.90 Å². The van der Waals surface area contributed by atoms with Crippen molar-refractivity contribution >= 4 is 33.8 Å². The van der Waals surface area contributed by atoms with E-state index in [4.69, 9.17) is 4.74 Å². The molecule has 2 N–H and O–H groups in total. The van der Waals surface area contributed by atoms with E-state index in [2.05, 4.69) is 19.5 Å². The van der Waals surface area contributed by atoms with Crippen molar-refractivity contribution in [2.75, 3.05) is 42.9 Å². The monoisotopic (exact) mass is 463 g/mol. The van der Waals surface area contributed by atoms with Crippen LogP contribution < -0.4 is 29.1 Å². The van der Waals surface area contributed by atoms with E-state index in [0.29, 0.717) is 24.5 Å². The summed E-state index contributed by atoms with van der Waals surface area (Å²) in [5, 5.41) is 3.23. The van der Waals surface area contributed by atoms with Gasteiger partial charge in [0.1, 0.15) is 5.75 Å². The fourth-order valence-corrected chi connectivity index (χ4v) is 4.33. The van der Waals surface area contributed by atoms with Gasteiger partial charge in [-0.25, -0.2) is 8.42 Å². The molecule has 0 amide bonds. The molecule has 1 saturated heterocycles. The van der Waals surface area contributed by atoms with Crippen LogP contribution in [0.1, 0.15) is 0 Å². The summed E-state index contributed by atoms with van der Waals surface area (Å²) in [6, 6.07) is 8.44. The van der Waals surface area contributed by atoms with Crippen molar-refractivity contribution in [3.05, 3.63) is 36.4 Å². The summed E-state index contributed by atoms with van der Waals surface area (Å²) in [6.07, 6.45) is -3.85. The number of ether oxygens (including phenoxy) is 3. The second-order valence-electron chi connectivity index (χ2n) is 6.48. The van der Waals surface area contributed by atoms with Gasteiger partial charge in [0.05, 0.1) is 23.4 Å². The zero-order chi connectivity index (χ0) is 20.6. The number of piperazine rings is 1. The molecular weight excluding hydrogens is 444 g/mol. The molecule has 0 spiro atoms. The number of hydrogen-bond donors (Lipinski definition) is 2. The van der Waals surface area contributed by atoms with Crippen LogP contribution >= 0.6 is 12.4 Å². The molecule has 0 bridgehead atoms. The number of anilines is 2. The van der Waals surface area contributed by atoms with Gasteiger partial charge >= 0.3 is 6.29 Å². The maximum absolute atomic E-state index is 13.4. The molecule has 30 heavy (non-hydrogen) atoms. The summed E-state index contributed by atoms with van der Waals surface area (Å²) in [5.74, 6) is -0.0637. The molecule has 0 atom stereocenters. The van der Waals surface area contributed by atoms with Crippen LogP contribution in [0.15, 0.2) is 41.3 Å². The Morgan fingerprint density at radius 1 is 1.17 bits per heavy atom. The Morgan fingerprint density at radius 2 is 1.90 bits per heavy atom. The minimum absolute atomic E-state index is 0. The first kappa shape index (κ1) is 22.2. The maximum Gasteiger partial charge on any atom is 0.586 e. The summed E-state index contributed by atoms with van der Waals surface area (Å²) in [5.41, 5.74) is 0.500. The second kappa shape index (κ2) is 8.32. The lowest BCUT2D eigenvalue weighted by Crippen LogP contribution is -2.43. The minimum atomic E-state index is -4.09. The van der Waals surface area contributed by atoms with Gasteiger partial charge in [-0.05, 0) is 30.3 Å². The molecule has 4 rings (SSSR count). The lowest BCUT2D eigenvalue weighted by atomic mass is 10.2. The van der Waals surface area contributed by atoms with E-state index in [0.717, 1.165) is 13.1 Å². The van der Waals surface area contributed by atoms with E-state index in [1.165, 1.54) is 37.4 Å². The number of halogens is 3. The van der Waals surface area contributed by atoms with Crippen LogP contribution in [0.2, 0.25) is 0 Å². The minimum Gasteiger partial charge on any atom is -0.495 e. The Kier molecular flexibility index (Phi) is 6.16. The van der Waals surface area contributed by atoms with Gasteiger partial charge in [-0.2, -0.15) is 0 Å². The third kappa shape index (κ3) is 4.32. The van der Waals surface area contributed by atoms with Gasteiger partial charge in [0, 0.05) is 26.2 Å². The van der Waals surface area contributed by atoms with Crippen LogP contribution in [-0.2, 0) is 10.0 Å². The van der Waals surface area contributed by atoms with E-state index in [9.17, 15) is 17.2 Å². The number of fused-ring (bicyclic) bond motifs is 1. The second-order valence-corrected chi connectivity index (χ2v) is 8.16. The molecule has 0 unspecified atom stereocenters. The summed E-state index contributed by atoms with van der Waals surface area (Å²) in [7, 11) is -2.57. The Balaban J connectivity index is 0.00000256. The zero-order valence-electron chi connectivity index (χ0n) is 15.9. The van der Waals surface area contributed by atoms with Crippen LogP contribution in [0, 0.1) is 0 Å². The zero-order valence-corrected chi connectivity index (χ0v) is 17.5.